The number of carboxylic acid groups (broad SMARTS) is 1. The van der Waals surface area contributed by atoms with Gasteiger partial charge in [0.2, 0.25) is 5.88 Å². The van der Waals surface area contributed by atoms with Crippen LogP contribution in [0.25, 0.3) is 0 Å². The van der Waals surface area contributed by atoms with Crippen LogP contribution in [-0.2, 0) is 0 Å². The number of aromatic nitrogens is 2. The molecule has 2 aromatic heterocycles. The summed E-state index contributed by atoms with van der Waals surface area (Å²) in [5.41, 5.74) is -0.0960. The van der Waals surface area contributed by atoms with Crippen molar-refractivity contribution in [3.63, 3.8) is 0 Å². The summed E-state index contributed by atoms with van der Waals surface area (Å²) in [4.78, 5) is 30.1. The van der Waals surface area contributed by atoms with E-state index in [9.17, 15) is 9.59 Å². The number of carbonyl (C=O) groups excluding carboxylic acids is 1. The summed E-state index contributed by atoms with van der Waals surface area (Å²) in [5.74, 6) is -2.22. The SMILES string of the molecule is O=C(Oc1ncccc1C(=O)O)c1ccccn1. The van der Waals surface area contributed by atoms with Crippen LogP contribution >= 0.6 is 0 Å². The predicted octanol–water partition coefficient (Wildman–Crippen LogP) is 1.39. The molecule has 0 spiro atoms. The lowest BCUT2D eigenvalue weighted by Crippen LogP contribution is -2.13. The number of nitrogens with zero attached hydrogens (tertiary/aromatic N) is 2. The first kappa shape index (κ1) is 11.7. The fraction of sp³-hybridized carbons (Fsp3) is 0. The zero-order valence-corrected chi connectivity index (χ0v) is 9.11. The maximum absolute atomic E-state index is 11.7. The van der Waals surface area contributed by atoms with Crippen molar-refractivity contribution < 1.29 is 19.4 Å². The van der Waals surface area contributed by atoms with Crippen LogP contribution in [0.3, 0.4) is 0 Å². The smallest absolute Gasteiger partial charge is 0.363 e. The second-order valence-corrected chi connectivity index (χ2v) is 3.27. The van der Waals surface area contributed by atoms with Crippen molar-refractivity contribution in [1.82, 2.24) is 9.97 Å². The Morgan fingerprint density at radius 3 is 2.50 bits per heavy atom. The van der Waals surface area contributed by atoms with Crippen molar-refractivity contribution in [2.24, 2.45) is 0 Å². The first-order valence-corrected chi connectivity index (χ1v) is 5.00. The molecule has 0 unspecified atom stereocenters. The third-order valence-electron chi connectivity index (χ3n) is 2.06. The molecule has 0 atom stereocenters. The second kappa shape index (κ2) is 5.05. The quantitative estimate of drug-likeness (QED) is 0.820. The normalized spacial score (nSPS) is 9.78. The largest absolute Gasteiger partial charge is 0.477 e. The van der Waals surface area contributed by atoms with Crippen LogP contribution in [0.4, 0.5) is 0 Å². The second-order valence-electron chi connectivity index (χ2n) is 3.27. The first-order chi connectivity index (χ1) is 8.68. The minimum absolute atomic E-state index is 0.0829. The van der Waals surface area contributed by atoms with Crippen molar-refractivity contribution >= 4 is 11.9 Å². The summed E-state index contributed by atoms with van der Waals surface area (Å²) >= 11 is 0. The maximum Gasteiger partial charge on any atom is 0.363 e. The molecule has 2 heterocycles. The molecule has 0 saturated carbocycles. The van der Waals surface area contributed by atoms with E-state index in [1.807, 2.05) is 0 Å². The summed E-state index contributed by atoms with van der Waals surface area (Å²) < 4.78 is 4.90. The van der Waals surface area contributed by atoms with E-state index in [1.165, 1.54) is 30.6 Å². The van der Waals surface area contributed by atoms with E-state index >= 15 is 0 Å². The molecule has 90 valence electrons. The zero-order chi connectivity index (χ0) is 13.0. The molecular formula is C12H8N2O4. The highest BCUT2D eigenvalue weighted by molar-refractivity contribution is 5.93. The van der Waals surface area contributed by atoms with Gasteiger partial charge in [0, 0.05) is 12.4 Å². The van der Waals surface area contributed by atoms with Gasteiger partial charge < -0.3 is 9.84 Å². The van der Waals surface area contributed by atoms with Crippen LogP contribution in [-0.4, -0.2) is 27.0 Å². The molecule has 0 saturated heterocycles. The fourth-order valence-corrected chi connectivity index (χ4v) is 1.26. The molecule has 0 aliphatic carbocycles. The lowest BCUT2D eigenvalue weighted by molar-refractivity contribution is 0.0675. The van der Waals surface area contributed by atoms with Crippen molar-refractivity contribution in [2.75, 3.05) is 0 Å². The molecule has 2 rings (SSSR count). The molecule has 6 heteroatoms. The van der Waals surface area contributed by atoms with Gasteiger partial charge in [-0.25, -0.2) is 19.6 Å². The van der Waals surface area contributed by atoms with Gasteiger partial charge in [-0.05, 0) is 24.3 Å². The first-order valence-electron chi connectivity index (χ1n) is 5.00. The number of hydrogen-bond donors (Lipinski definition) is 1. The van der Waals surface area contributed by atoms with Crippen molar-refractivity contribution in [2.45, 2.75) is 0 Å². The highest BCUT2D eigenvalue weighted by Crippen LogP contribution is 2.15. The number of pyridine rings is 2. The molecule has 2 aromatic rings. The highest BCUT2D eigenvalue weighted by atomic mass is 16.5. The zero-order valence-electron chi connectivity index (χ0n) is 9.11. The monoisotopic (exact) mass is 244 g/mol. The Morgan fingerprint density at radius 1 is 1.06 bits per heavy atom. The van der Waals surface area contributed by atoms with E-state index in [0.29, 0.717) is 0 Å². The molecule has 6 nitrogen and oxygen atoms in total. The summed E-state index contributed by atoms with van der Waals surface area (Å²) in [5, 5.41) is 8.90. The Labute approximate surface area is 102 Å². The van der Waals surface area contributed by atoms with Gasteiger partial charge in [0.25, 0.3) is 0 Å². The van der Waals surface area contributed by atoms with Gasteiger partial charge >= 0.3 is 11.9 Å². The van der Waals surface area contributed by atoms with E-state index in [4.69, 9.17) is 9.84 Å². The van der Waals surface area contributed by atoms with Gasteiger partial charge in [-0.15, -0.1) is 0 Å². The Kier molecular flexibility index (Phi) is 3.29. The lowest BCUT2D eigenvalue weighted by atomic mass is 10.3. The molecular weight excluding hydrogens is 236 g/mol. The van der Waals surface area contributed by atoms with Crippen LogP contribution in [0.15, 0.2) is 42.7 Å². The number of carbonyl (C=O) groups is 2. The number of esters is 1. The van der Waals surface area contributed by atoms with E-state index < -0.39 is 11.9 Å². The summed E-state index contributed by atoms with van der Waals surface area (Å²) in [6, 6.07) is 7.49. The summed E-state index contributed by atoms with van der Waals surface area (Å²) in [6.45, 7) is 0. The standard InChI is InChI=1S/C12H8N2O4/c15-11(16)8-4-3-7-14-10(8)18-12(17)9-5-1-2-6-13-9/h1-7H,(H,15,16). The Bertz CT molecular complexity index is 584. The number of hydrogen-bond acceptors (Lipinski definition) is 5. The van der Waals surface area contributed by atoms with Crippen LogP contribution in [0.2, 0.25) is 0 Å². The fourth-order valence-electron chi connectivity index (χ4n) is 1.26. The summed E-state index contributed by atoms with van der Waals surface area (Å²) in [6.07, 6.45) is 2.78. The molecule has 0 aliphatic heterocycles. The molecule has 0 aliphatic rings. The van der Waals surface area contributed by atoms with Gasteiger partial charge in [-0.2, -0.15) is 0 Å². The molecule has 0 bridgehead atoms. The van der Waals surface area contributed by atoms with Gasteiger partial charge in [0.05, 0.1) is 0 Å². The van der Waals surface area contributed by atoms with Crippen molar-refractivity contribution in [3.05, 3.63) is 54.0 Å². The molecule has 0 radical (unpaired) electrons. The van der Waals surface area contributed by atoms with Crippen LogP contribution in [0.5, 0.6) is 5.88 Å². The van der Waals surface area contributed by atoms with Gasteiger partial charge in [-0.3, -0.25) is 0 Å². The number of ether oxygens (including phenoxy) is 1. The number of carboxylic acids is 1. The molecule has 18 heavy (non-hydrogen) atoms. The van der Waals surface area contributed by atoms with Crippen LogP contribution in [0, 0.1) is 0 Å². The van der Waals surface area contributed by atoms with Crippen LogP contribution in [0.1, 0.15) is 20.8 Å². The summed E-state index contributed by atoms with van der Waals surface area (Å²) in [7, 11) is 0. The lowest BCUT2D eigenvalue weighted by Gasteiger charge is -2.04. The third-order valence-corrected chi connectivity index (χ3v) is 2.06. The molecule has 1 N–H and O–H groups in total. The highest BCUT2D eigenvalue weighted by Gasteiger charge is 2.17. The van der Waals surface area contributed by atoms with E-state index in [2.05, 4.69) is 9.97 Å². The predicted molar refractivity (Wildman–Crippen MR) is 60.4 cm³/mol. The van der Waals surface area contributed by atoms with E-state index in [-0.39, 0.29) is 17.1 Å². The van der Waals surface area contributed by atoms with Crippen LogP contribution < -0.4 is 4.74 Å². The van der Waals surface area contributed by atoms with Gasteiger partial charge in [0.1, 0.15) is 11.3 Å². The number of rotatable bonds is 3. The molecule has 0 aromatic carbocycles. The third kappa shape index (κ3) is 2.49. The van der Waals surface area contributed by atoms with Gasteiger partial charge in [0.15, 0.2) is 0 Å². The topological polar surface area (TPSA) is 89.4 Å². The Hall–Kier alpha value is -2.76. The maximum atomic E-state index is 11.7. The van der Waals surface area contributed by atoms with E-state index in [0.717, 1.165) is 0 Å². The Morgan fingerprint density at radius 2 is 1.83 bits per heavy atom. The van der Waals surface area contributed by atoms with Crippen molar-refractivity contribution in [1.29, 1.82) is 0 Å². The van der Waals surface area contributed by atoms with Crippen molar-refractivity contribution in [3.8, 4) is 5.88 Å². The minimum Gasteiger partial charge on any atom is -0.477 e. The molecule has 0 fully saturated rings. The molecule has 0 amide bonds. The Balaban J connectivity index is 2.25. The average molecular weight is 244 g/mol. The van der Waals surface area contributed by atoms with E-state index in [1.54, 1.807) is 12.1 Å². The number of aromatic carboxylic acids is 1. The van der Waals surface area contributed by atoms with Gasteiger partial charge in [-0.1, -0.05) is 6.07 Å². The minimum atomic E-state index is -1.22. The average Bonchev–Trinajstić information content (AvgIpc) is 2.40.